The van der Waals surface area contributed by atoms with Gasteiger partial charge in [0.1, 0.15) is 0 Å². The molecule has 1 atom stereocenters. The fraction of sp³-hybridized carbons (Fsp3) is 0.412. The van der Waals surface area contributed by atoms with Crippen LogP contribution in [0.5, 0.6) is 0 Å². The van der Waals surface area contributed by atoms with E-state index in [1.165, 1.54) is 6.08 Å². The van der Waals surface area contributed by atoms with Crippen LogP contribution in [0.3, 0.4) is 0 Å². The van der Waals surface area contributed by atoms with Gasteiger partial charge in [-0.2, -0.15) is 0 Å². The van der Waals surface area contributed by atoms with Crippen LogP contribution in [0.2, 0.25) is 0 Å². The summed E-state index contributed by atoms with van der Waals surface area (Å²) in [5.41, 5.74) is -1.40. The summed E-state index contributed by atoms with van der Waals surface area (Å²) in [5.74, 6) is -1.55. The molecule has 0 radical (unpaired) electrons. The summed E-state index contributed by atoms with van der Waals surface area (Å²) >= 11 is 3.29. The number of nitro groups is 1. The van der Waals surface area contributed by atoms with Gasteiger partial charge in [-0.05, 0) is 31.5 Å². The minimum Gasteiger partial charge on any atom is -0.463 e. The molecule has 8 heteroatoms. The van der Waals surface area contributed by atoms with Crippen LogP contribution < -0.4 is 0 Å². The van der Waals surface area contributed by atoms with E-state index in [9.17, 15) is 19.7 Å². The predicted molar refractivity (Wildman–Crippen MR) is 94.6 cm³/mol. The summed E-state index contributed by atoms with van der Waals surface area (Å²) in [4.78, 5) is 34.9. The molecule has 0 aliphatic heterocycles. The van der Waals surface area contributed by atoms with E-state index in [0.29, 0.717) is 5.56 Å². The van der Waals surface area contributed by atoms with Crippen molar-refractivity contribution in [3.63, 3.8) is 0 Å². The van der Waals surface area contributed by atoms with Crippen molar-refractivity contribution in [1.29, 1.82) is 0 Å². The molecule has 1 rings (SSSR count). The van der Waals surface area contributed by atoms with E-state index >= 15 is 0 Å². The zero-order valence-corrected chi connectivity index (χ0v) is 15.7. The van der Waals surface area contributed by atoms with Gasteiger partial charge in [-0.25, -0.2) is 9.59 Å². The molecule has 1 aromatic carbocycles. The van der Waals surface area contributed by atoms with Gasteiger partial charge in [0.15, 0.2) is 0 Å². The van der Waals surface area contributed by atoms with Crippen LogP contribution in [0.15, 0.2) is 40.9 Å². The quantitative estimate of drug-likeness (QED) is 0.267. The molecule has 1 aromatic rings. The number of hydrogen-bond acceptors (Lipinski definition) is 6. The standard InChI is InChI=1S/C17H20BrNO6/c1-3-24-15(20)6-5-11-17(19(22)23,16(21)25-4-2)12-13-7-9-14(18)10-8-13/h5-10H,3-4,11-12H2,1-2H3/b6-5+. The molecule has 1 unspecified atom stereocenters. The van der Waals surface area contributed by atoms with Gasteiger partial charge in [0.05, 0.1) is 19.6 Å². The maximum absolute atomic E-state index is 12.4. The highest BCUT2D eigenvalue weighted by atomic mass is 79.9. The molecule has 7 nitrogen and oxygen atoms in total. The summed E-state index contributed by atoms with van der Waals surface area (Å²) in [6.45, 7) is 3.45. The van der Waals surface area contributed by atoms with Crippen molar-refractivity contribution in [3.05, 3.63) is 56.6 Å². The maximum Gasteiger partial charge on any atom is 0.385 e. The Labute approximate surface area is 154 Å². The van der Waals surface area contributed by atoms with Crippen LogP contribution in [0.4, 0.5) is 0 Å². The Morgan fingerprint density at radius 2 is 1.80 bits per heavy atom. The summed E-state index contributed by atoms with van der Waals surface area (Å²) in [6.07, 6.45) is 1.92. The fourth-order valence-electron chi connectivity index (χ4n) is 2.19. The normalized spacial score (nSPS) is 13.2. The van der Waals surface area contributed by atoms with Crippen molar-refractivity contribution in [1.82, 2.24) is 0 Å². The van der Waals surface area contributed by atoms with Gasteiger partial charge < -0.3 is 9.47 Å². The van der Waals surface area contributed by atoms with Crippen LogP contribution in [-0.2, 0) is 25.5 Å². The molecule has 0 aliphatic rings. The highest BCUT2D eigenvalue weighted by Crippen LogP contribution is 2.25. The maximum atomic E-state index is 12.4. The number of esters is 2. The molecule has 0 fully saturated rings. The van der Waals surface area contributed by atoms with Gasteiger partial charge in [0.2, 0.25) is 0 Å². The first-order chi connectivity index (χ1) is 11.9. The van der Waals surface area contributed by atoms with E-state index in [2.05, 4.69) is 15.9 Å². The highest BCUT2D eigenvalue weighted by molar-refractivity contribution is 9.10. The molecule has 0 bridgehead atoms. The Morgan fingerprint density at radius 1 is 1.20 bits per heavy atom. The molecule has 0 spiro atoms. The second-order valence-electron chi connectivity index (χ2n) is 5.17. The highest BCUT2D eigenvalue weighted by Gasteiger charge is 2.51. The summed E-state index contributed by atoms with van der Waals surface area (Å²) in [6, 6.07) is 6.85. The van der Waals surface area contributed by atoms with E-state index in [-0.39, 0.29) is 26.1 Å². The summed E-state index contributed by atoms with van der Waals surface area (Å²) in [5, 5.41) is 11.8. The SMILES string of the molecule is CCOC(=O)/C=C/CC(Cc1ccc(Br)cc1)(C(=O)OCC)[N+](=O)[O-]. The van der Waals surface area contributed by atoms with Crippen LogP contribution in [0.25, 0.3) is 0 Å². The Balaban J connectivity index is 3.13. The largest absolute Gasteiger partial charge is 0.463 e. The number of ether oxygens (including phenoxy) is 2. The number of nitrogens with zero attached hydrogens (tertiary/aromatic N) is 1. The number of hydrogen-bond donors (Lipinski definition) is 0. The topological polar surface area (TPSA) is 95.7 Å². The summed E-state index contributed by atoms with van der Waals surface area (Å²) in [7, 11) is 0. The first-order valence-corrected chi connectivity index (χ1v) is 8.54. The van der Waals surface area contributed by atoms with E-state index < -0.39 is 22.4 Å². The van der Waals surface area contributed by atoms with Crippen LogP contribution >= 0.6 is 15.9 Å². The summed E-state index contributed by atoms with van der Waals surface area (Å²) < 4.78 is 10.5. The lowest BCUT2D eigenvalue weighted by Crippen LogP contribution is -2.49. The zero-order chi connectivity index (χ0) is 18.9. The third-order valence-corrected chi connectivity index (χ3v) is 3.94. The fourth-order valence-corrected chi connectivity index (χ4v) is 2.45. The third-order valence-electron chi connectivity index (χ3n) is 3.41. The molecular formula is C17H20BrNO6. The molecular weight excluding hydrogens is 394 g/mol. The second-order valence-corrected chi connectivity index (χ2v) is 6.09. The average Bonchev–Trinajstić information content (AvgIpc) is 2.56. The van der Waals surface area contributed by atoms with Gasteiger partial charge in [-0.3, -0.25) is 10.1 Å². The molecule has 0 aliphatic carbocycles. The zero-order valence-electron chi connectivity index (χ0n) is 14.1. The number of carbonyl (C=O) groups is 2. The molecule has 25 heavy (non-hydrogen) atoms. The predicted octanol–water partition coefficient (Wildman–Crippen LogP) is 3.08. The average molecular weight is 414 g/mol. The minimum absolute atomic E-state index is 0.0242. The van der Waals surface area contributed by atoms with Gasteiger partial charge in [-0.1, -0.05) is 34.1 Å². The number of benzene rings is 1. The number of halogens is 1. The van der Waals surface area contributed by atoms with Gasteiger partial charge in [-0.15, -0.1) is 0 Å². The molecule has 0 aromatic heterocycles. The lowest BCUT2D eigenvalue weighted by Gasteiger charge is -2.22. The number of carbonyl (C=O) groups excluding carboxylic acids is 2. The van der Waals surface area contributed by atoms with E-state index in [1.54, 1.807) is 38.1 Å². The van der Waals surface area contributed by atoms with Crippen LogP contribution in [0.1, 0.15) is 25.8 Å². The third kappa shape index (κ3) is 5.97. The van der Waals surface area contributed by atoms with Gasteiger partial charge in [0.25, 0.3) is 0 Å². The molecule has 0 N–H and O–H groups in total. The van der Waals surface area contributed by atoms with Crippen molar-refractivity contribution < 1.29 is 24.0 Å². The lowest BCUT2D eigenvalue weighted by atomic mass is 9.88. The molecule has 0 heterocycles. The Morgan fingerprint density at radius 3 is 2.32 bits per heavy atom. The van der Waals surface area contributed by atoms with Crippen LogP contribution in [0, 0.1) is 10.1 Å². The van der Waals surface area contributed by atoms with Gasteiger partial charge in [0, 0.05) is 21.9 Å². The monoisotopic (exact) mass is 413 g/mol. The smallest absolute Gasteiger partial charge is 0.385 e. The minimum atomic E-state index is -2.01. The molecule has 0 saturated heterocycles. The van der Waals surface area contributed by atoms with Crippen molar-refractivity contribution in [2.75, 3.05) is 13.2 Å². The Kier molecular flexibility index (Phi) is 8.27. The Hall–Kier alpha value is -2.22. The van der Waals surface area contributed by atoms with E-state index in [4.69, 9.17) is 9.47 Å². The van der Waals surface area contributed by atoms with E-state index in [1.807, 2.05) is 0 Å². The molecule has 0 amide bonds. The van der Waals surface area contributed by atoms with Crippen molar-refractivity contribution in [2.24, 2.45) is 0 Å². The first kappa shape index (κ1) is 20.8. The van der Waals surface area contributed by atoms with Crippen molar-refractivity contribution in [2.45, 2.75) is 32.2 Å². The van der Waals surface area contributed by atoms with Crippen LogP contribution in [-0.4, -0.2) is 35.6 Å². The lowest BCUT2D eigenvalue weighted by molar-refractivity contribution is -0.554. The van der Waals surface area contributed by atoms with Crippen molar-refractivity contribution >= 4 is 27.9 Å². The Bertz CT molecular complexity index is 643. The molecule has 136 valence electrons. The second kappa shape index (κ2) is 9.93. The first-order valence-electron chi connectivity index (χ1n) is 7.75. The van der Waals surface area contributed by atoms with Crippen molar-refractivity contribution in [3.8, 4) is 0 Å². The number of rotatable bonds is 9. The van der Waals surface area contributed by atoms with Gasteiger partial charge >= 0.3 is 17.5 Å². The van der Waals surface area contributed by atoms with E-state index in [0.717, 1.165) is 10.5 Å². The molecule has 0 saturated carbocycles.